The Balaban J connectivity index is 1.44. The first-order valence-electron chi connectivity index (χ1n) is 10.5. The van der Waals surface area contributed by atoms with Crippen LogP contribution in [0.5, 0.6) is 0 Å². The number of hydrogen-bond acceptors (Lipinski definition) is 4. The van der Waals surface area contributed by atoms with Crippen LogP contribution in [0.3, 0.4) is 0 Å². The third-order valence-electron chi connectivity index (χ3n) is 5.97. The van der Waals surface area contributed by atoms with Gasteiger partial charge in [0, 0.05) is 44.5 Å². The van der Waals surface area contributed by atoms with Crippen molar-refractivity contribution in [2.24, 2.45) is 5.41 Å². The zero-order valence-corrected chi connectivity index (χ0v) is 17.8. The molecule has 1 aliphatic heterocycles. The first kappa shape index (κ1) is 20.4. The Labute approximate surface area is 176 Å². The van der Waals surface area contributed by atoms with Crippen molar-refractivity contribution in [1.29, 1.82) is 0 Å². The first-order chi connectivity index (χ1) is 14.2. The Kier molecular flexibility index (Phi) is 5.26. The fraction of sp³-hybridized carbons (Fsp3) is 0.458. The molecule has 0 radical (unpaired) electrons. The molecule has 6 heteroatoms. The third kappa shape index (κ3) is 4.04. The van der Waals surface area contributed by atoms with Gasteiger partial charge in [0.15, 0.2) is 11.5 Å². The van der Waals surface area contributed by atoms with Gasteiger partial charge in [0.05, 0.1) is 5.56 Å². The summed E-state index contributed by atoms with van der Waals surface area (Å²) in [5.41, 5.74) is 3.06. The number of amides is 2. The molecule has 0 unspecified atom stereocenters. The molecule has 158 valence electrons. The Morgan fingerprint density at radius 3 is 2.70 bits per heavy atom. The molecular weight excluding hydrogens is 380 g/mol. The maximum Gasteiger partial charge on any atom is 0.287 e. The Hall–Kier alpha value is -2.89. The molecule has 0 atom stereocenters. The molecule has 30 heavy (non-hydrogen) atoms. The van der Waals surface area contributed by atoms with Crippen LogP contribution in [0.2, 0.25) is 0 Å². The van der Waals surface area contributed by atoms with Gasteiger partial charge in [0.2, 0.25) is 5.91 Å². The summed E-state index contributed by atoms with van der Waals surface area (Å²) < 4.78 is 5.84. The van der Waals surface area contributed by atoms with Crippen LogP contribution in [-0.4, -0.2) is 29.0 Å². The highest BCUT2D eigenvalue weighted by Crippen LogP contribution is 2.38. The number of benzene rings is 1. The van der Waals surface area contributed by atoms with Gasteiger partial charge in [-0.15, -0.1) is 0 Å². The quantitative estimate of drug-likeness (QED) is 0.816. The first-order valence-corrected chi connectivity index (χ1v) is 10.5. The molecule has 1 fully saturated rings. The van der Waals surface area contributed by atoms with Crippen LogP contribution in [0.25, 0.3) is 0 Å². The van der Waals surface area contributed by atoms with Crippen molar-refractivity contribution in [3.63, 3.8) is 0 Å². The van der Waals surface area contributed by atoms with Crippen molar-refractivity contribution in [2.75, 3.05) is 6.54 Å². The number of rotatable bonds is 5. The van der Waals surface area contributed by atoms with Gasteiger partial charge in [-0.3, -0.25) is 14.4 Å². The van der Waals surface area contributed by atoms with Gasteiger partial charge in [-0.05, 0) is 29.9 Å². The number of carbonyl (C=O) groups is 3. The van der Waals surface area contributed by atoms with Crippen LogP contribution in [0.15, 0.2) is 28.7 Å². The zero-order chi connectivity index (χ0) is 21.5. The van der Waals surface area contributed by atoms with Gasteiger partial charge in [-0.2, -0.15) is 0 Å². The zero-order valence-electron chi connectivity index (χ0n) is 17.8. The summed E-state index contributed by atoms with van der Waals surface area (Å²) in [7, 11) is 0. The maximum absolute atomic E-state index is 12.8. The van der Waals surface area contributed by atoms with Gasteiger partial charge in [-0.1, -0.05) is 38.1 Å². The van der Waals surface area contributed by atoms with E-state index < -0.39 is 0 Å². The topological polar surface area (TPSA) is 79.6 Å². The summed E-state index contributed by atoms with van der Waals surface area (Å²) in [6.07, 6.45) is 2.66. The molecule has 1 saturated heterocycles. The van der Waals surface area contributed by atoms with Crippen molar-refractivity contribution < 1.29 is 18.8 Å². The number of furan rings is 1. The van der Waals surface area contributed by atoms with Crippen LogP contribution < -0.4 is 5.32 Å². The van der Waals surface area contributed by atoms with E-state index in [1.165, 1.54) is 0 Å². The van der Waals surface area contributed by atoms with Crippen molar-refractivity contribution in [3.05, 3.63) is 58.0 Å². The Bertz CT molecular complexity index is 1020. The number of Topliss-reactive ketones (excluding diaryl/α,β-unsaturated/α-hetero) is 1. The lowest BCUT2D eigenvalue weighted by Crippen LogP contribution is -2.26. The highest BCUT2D eigenvalue weighted by atomic mass is 16.4. The molecule has 2 amide bonds. The fourth-order valence-corrected chi connectivity index (χ4v) is 4.49. The lowest BCUT2D eigenvalue weighted by Gasteiger charge is -2.27. The predicted molar refractivity (Wildman–Crippen MR) is 112 cm³/mol. The maximum atomic E-state index is 12.8. The van der Waals surface area contributed by atoms with Crippen LogP contribution in [-0.2, 0) is 24.3 Å². The summed E-state index contributed by atoms with van der Waals surface area (Å²) >= 11 is 0. The number of nitrogens with one attached hydrogen (secondary N) is 1. The third-order valence-corrected chi connectivity index (χ3v) is 5.97. The van der Waals surface area contributed by atoms with E-state index in [-0.39, 0.29) is 28.8 Å². The minimum absolute atomic E-state index is 0.0470. The summed E-state index contributed by atoms with van der Waals surface area (Å²) in [5.74, 6) is 0.781. The Morgan fingerprint density at radius 2 is 1.97 bits per heavy atom. The lowest BCUT2D eigenvalue weighted by atomic mass is 9.76. The highest BCUT2D eigenvalue weighted by molar-refractivity contribution is 6.03. The van der Waals surface area contributed by atoms with Crippen molar-refractivity contribution in [1.82, 2.24) is 10.2 Å². The van der Waals surface area contributed by atoms with E-state index in [0.29, 0.717) is 49.2 Å². The van der Waals surface area contributed by atoms with Crippen LogP contribution >= 0.6 is 0 Å². The summed E-state index contributed by atoms with van der Waals surface area (Å²) in [4.78, 5) is 39.0. The van der Waals surface area contributed by atoms with Gasteiger partial charge in [0.25, 0.3) is 5.91 Å². The second-order valence-corrected chi connectivity index (χ2v) is 9.22. The van der Waals surface area contributed by atoms with Gasteiger partial charge in [-0.25, -0.2) is 0 Å². The molecule has 2 aliphatic rings. The average Bonchev–Trinajstić information content (AvgIpc) is 3.22. The lowest BCUT2D eigenvalue weighted by molar-refractivity contribution is -0.128. The van der Waals surface area contributed by atoms with Crippen LogP contribution in [0.1, 0.15) is 76.5 Å². The standard InChI is InChI=1S/C24H28N2O4/c1-15-21-18(27)11-24(2,3)12-19(21)30-22(15)23(29)25-13-16-6-4-7-17(10-16)14-26-9-5-8-20(26)28/h4,6-7,10H,5,8-9,11-14H2,1-3H3,(H,25,29). The van der Waals surface area contributed by atoms with Crippen molar-refractivity contribution in [2.45, 2.75) is 59.5 Å². The number of ketones is 1. The summed E-state index contributed by atoms with van der Waals surface area (Å²) in [5, 5.41) is 2.91. The van der Waals surface area contributed by atoms with Crippen molar-refractivity contribution in [3.8, 4) is 0 Å². The van der Waals surface area contributed by atoms with Gasteiger partial charge in [0.1, 0.15) is 5.76 Å². The van der Waals surface area contributed by atoms with E-state index in [0.717, 1.165) is 24.1 Å². The number of nitrogens with zero attached hydrogens (tertiary/aromatic N) is 1. The second kappa shape index (κ2) is 7.74. The van der Waals surface area contributed by atoms with Gasteiger partial charge >= 0.3 is 0 Å². The normalized spacial score (nSPS) is 17.9. The molecule has 2 aromatic rings. The molecule has 0 saturated carbocycles. The largest absolute Gasteiger partial charge is 0.455 e. The molecule has 1 N–H and O–H groups in total. The second-order valence-electron chi connectivity index (χ2n) is 9.22. The molecule has 1 aromatic carbocycles. The smallest absolute Gasteiger partial charge is 0.287 e. The molecule has 4 rings (SSSR count). The van der Waals surface area contributed by atoms with Gasteiger partial charge < -0.3 is 14.6 Å². The van der Waals surface area contributed by atoms with E-state index in [1.54, 1.807) is 6.92 Å². The fourth-order valence-electron chi connectivity index (χ4n) is 4.49. The molecule has 0 spiro atoms. The predicted octanol–water partition coefficient (Wildman–Crippen LogP) is 3.80. The number of likely N-dealkylation sites (tertiary alicyclic amines) is 1. The van der Waals surface area contributed by atoms with E-state index in [9.17, 15) is 14.4 Å². The van der Waals surface area contributed by atoms with E-state index in [4.69, 9.17) is 4.42 Å². The molecule has 6 nitrogen and oxygen atoms in total. The van der Waals surface area contributed by atoms with Crippen molar-refractivity contribution >= 4 is 17.6 Å². The SMILES string of the molecule is Cc1c(C(=O)NCc2cccc(CN3CCCC3=O)c2)oc2c1C(=O)CC(C)(C)C2. The number of hydrogen-bond donors (Lipinski definition) is 1. The summed E-state index contributed by atoms with van der Waals surface area (Å²) in [6.45, 7) is 7.61. The molecule has 2 heterocycles. The van der Waals surface area contributed by atoms with Crippen LogP contribution in [0, 0.1) is 12.3 Å². The highest BCUT2D eigenvalue weighted by Gasteiger charge is 2.37. The molecule has 0 bridgehead atoms. The minimum Gasteiger partial charge on any atom is -0.455 e. The molecule has 1 aliphatic carbocycles. The van der Waals surface area contributed by atoms with E-state index in [1.807, 2.05) is 43.0 Å². The van der Waals surface area contributed by atoms with Crippen LogP contribution in [0.4, 0.5) is 0 Å². The number of carbonyl (C=O) groups excluding carboxylic acids is 3. The minimum atomic E-state index is -0.312. The monoisotopic (exact) mass is 408 g/mol. The summed E-state index contributed by atoms with van der Waals surface area (Å²) in [6, 6.07) is 7.89. The Morgan fingerprint density at radius 1 is 1.20 bits per heavy atom. The molecule has 1 aromatic heterocycles. The average molecular weight is 408 g/mol. The van der Waals surface area contributed by atoms with E-state index in [2.05, 4.69) is 5.32 Å². The molecular formula is C24H28N2O4. The number of fused-ring (bicyclic) bond motifs is 1. The van der Waals surface area contributed by atoms with E-state index >= 15 is 0 Å².